The number of benzene rings is 1. The minimum absolute atomic E-state index is 0.0100. The Hall–Kier alpha value is -2.12. The predicted octanol–water partition coefficient (Wildman–Crippen LogP) is 4.16. The minimum atomic E-state index is -0.0100. The van der Waals surface area contributed by atoms with E-state index in [1.807, 2.05) is 43.9 Å². The number of aromatic nitrogens is 2. The van der Waals surface area contributed by atoms with Crippen molar-refractivity contribution in [3.8, 4) is 0 Å². The van der Waals surface area contributed by atoms with Gasteiger partial charge in [-0.1, -0.05) is 30.0 Å². The maximum atomic E-state index is 13.0. The molecule has 1 aliphatic heterocycles. The first-order valence-corrected chi connectivity index (χ1v) is 11.3. The van der Waals surface area contributed by atoms with Crippen LogP contribution in [0.2, 0.25) is 0 Å². The molecule has 3 heterocycles. The van der Waals surface area contributed by atoms with Crippen LogP contribution in [0.5, 0.6) is 0 Å². The van der Waals surface area contributed by atoms with Gasteiger partial charge in [-0.25, -0.2) is 4.98 Å². The summed E-state index contributed by atoms with van der Waals surface area (Å²) in [5.74, 6) is 0.318. The van der Waals surface area contributed by atoms with E-state index in [0.29, 0.717) is 17.1 Å². The van der Waals surface area contributed by atoms with Crippen molar-refractivity contribution >= 4 is 44.9 Å². The number of aryl methyl sites for hydroxylation is 2. The fourth-order valence-electron chi connectivity index (χ4n) is 3.84. The zero-order chi connectivity index (χ0) is 20.0. The monoisotopic (exact) mass is 413 g/mol. The molecule has 1 aromatic carbocycles. The van der Waals surface area contributed by atoms with Crippen molar-refractivity contribution < 1.29 is 4.79 Å². The number of thioether (sulfide) groups is 1. The Morgan fingerprint density at radius 2 is 2.07 bits per heavy atom. The molecule has 28 heavy (non-hydrogen) atoms. The molecule has 0 unspecified atom stereocenters. The number of rotatable bonds is 4. The molecule has 1 amide bonds. The standard InChI is InChI=1S/C21H23N3O2S2/c1-5-23-20(26)18-13(3)14(4)28-19(18)22-21(23)27-11-17(25)24-12(2)10-15-8-6-7-9-16(15)24/h6-9,12H,5,10-11H2,1-4H3/t12-/m1/s1. The maximum absolute atomic E-state index is 13.0. The van der Waals surface area contributed by atoms with Crippen LogP contribution in [0.3, 0.4) is 0 Å². The van der Waals surface area contributed by atoms with Crippen molar-refractivity contribution in [1.82, 2.24) is 9.55 Å². The summed E-state index contributed by atoms with van der Waals surface area (Å²) < 4.78 is 1.68. The van der Waals surface area contributed by atoms with Gasteiger partial charge in [0.15, 0.2) is 5.16 Å². The number of carbonyl (C=O) groups excluding carboxylic acids is 1. The van der Waals surface area contributed by atoms with E-state index < -0.39 is 0 Å². The molecular weight excluding hydrogens is 390 g/mol. The molecule has 0 saturated carbocycles. The highest BCUT2D eigenvalue weighted by molar-refractivity contribution is 7.99. The van der Waals surface area contributed by atoms with Gasteiger partial charge in [-0.15, -0.1) is 11.3 Å². The van der Waals surface area contributed by atoms with Crippen molar-refractivity contribution in [3.63, 3.8) is 0 Å². The molecule has 5 nitrogen and oxygen atoms in total. The molecule has 146 valence electrons. The number of anilines is 1. The topological polar surface area (TPSA) is 55.2 Å². The third-order valence-corrected chi connectivity index (χ3v) is 7.43. The van der Waals surface area contributed by atoms with Crippen LogP contribution in [0.25, 0.3) is 10.2 Å². The molecule has 3 aromatic rings. The summed E-state index contributed by atoms with van der Waals surface area (Å²) in [5.41, 5.74) is 3.21. The molecule has 0 aliphatic carbocycles. The smallest absolute Gasteiger partial charge is 0.263 e. The molecule has 0 radical (unpaired) electrons. The highest BCUT2D eigenvalue weighted by atomic mass is 32.2. The first kappa shape index (κ1) is 19.2. The van der Waals surface area contributed by atoms with Crippen molar-refractivity contribution in [3.05, 3.63) is 50.6 Å². The van der Waals surface area contributed by atoms with E-state index in [2.05, 4.69) is 13.0 Å². The summed E-state index contributed by atoms with van der Waals surface area (Å²) in [6.45, 7) is 8.54. The SMILES string of the molecule is CCn1c(SCC(=O)N2c3ccccc3C[C@H]2C)nc2sc(C)c(C)c2c1=O. The van der Waals surface area contributed by atoms with E-state index in [1.165, 1.54) is 17.3 Å². The number of amides is 1. The lowest BCUT2D eigenvalue weighted by Crippen LogP contribution is -2.37. The quantitative estimate of drug-likeness (QED) is 0.476. The second kappa shape index (κ2) is 7.37. The number of nitrogens with zero attached hydrogens (tertiary/aromatic N) is 3. The van der Waals surface area contributed by atoms with E-state index in [0.717, 1.165) is 27.4 Å². The van der Waals surface area contributed by atoms with E-state index in [4.69, 9.17) is 4.98 Å². The summed E-state index contributed by atoms with van der Waals surface area (Å²) in [5, 5.41) is 1.33. The van der Waals surface area contributed by atoms with Gasteiger partial charge >= 0.3 is 0 Å². The fourth-order valence-corrected chi connectivity index (χ4v) is 5.83. The fraction of sp³-hybridized carbons (Fsp3) is 0.381. The highest BCUT2D eigenvalue weighted by Gasteiger charge is 2.30. The number of fused-ring (bicyclic) bond motifs is 2. The molecule has 0 fully saturated rings. The van der Waals surface area contributed by atoms with Crippen LogP contribution >= 0.6 is 23.1 Å². The maximum Gasteiger partial charge on any atom is 0.263 e. The Bertz CT molecular complexity index is 1130. The number of thiophene rings is 1. The average Bonchev–Trinajstić information content (AvgIpc) is 3.15. The summed E-state index contributed by atoms with van der Waals surface area (Å²) >= 11 is 2.90. The Balaban J connectivity index is 1.63. The van der Waals surface area contributed by atoms with Gasteiger partial charge in [0, 0.05) is 23.2 Å². The van der Waals surface area contributed by atoms with Gasteiger partial charge < -0.3 is 4.90 Å². The van der Waals surface area contributed by atoms with Crippen LogP contribution in [-0.4, -0.2) is 27.3 Å². The van der Waals surface area contributed by atoms with E-state index >= 15 is 0 Å². The highest BCUT2D eigenvalue weighted by Crippen LogP contribution is 2.33. The van der Waals surface area contributed by atoms with Crippen LogP contribution < -0.4 is 10.5 Å². The minimum Gasteiger partial charge on any atom is -0.308 e. The number of para-hydroxylation sites is 1. The Kier molecular flexibility index (Phi) is 5.05. The second-order valence-corrected chi connectivity index (χ2v) is 9.29. The third-order valence-electron chi connectivity index (χ3n) is 5.37. The van der Waals surface area contributed by atoms with Crippen LogP contribution in [0.4, 0.5) is 5.69 Å². The van der Waals surface area contributed by atoms with E-state index in [1.54, 1.807) is 15.9 Å². The lowest BCUT2D eigenvalue weighted by atomic mass is 10.1. The lowest BCUT2D eigenvalue weighted by molar-refractivity contribution is -0.116. The van der Waals surface area contributed by atoms with E-state index in [9.17, 15) is 9.59 Å². The molecular formula is C21H23N3O2S2. The average molecular weight is 414 g/mol. The zero-order valence-electron chi connectivity index (χ0n) is 16.5. The van der Waals surface area contributed by atoms with Crippen LogP contribution in [0.15, 0.2) is 34.2 Å². The van der Waals surface area contributed by atoms with E-state index in [-0.39, 0.29) is 23.3 Å². The number of hydrogen-bond acceptors (Lipinski definition) is 5. The summed E-state index contributed by atoms with van der Waals surface area (Å²) in [7, 11) is 0. The van der Waals surface area contributed by atoms with Crippen LogP contribution in [0.1, 0.15) is 29.9 Å². The number of hydrogen-bond donors (Lipinski definition) is 0. The van der Waals surface area contributed by atoms with Crippen molar-refractivity contribution in [2.75, 3.05) is 10.7 Å². The van der Waals surface area contributed by atoms with Crippen molar-refractivity contribution in [2.45, 2.75) is 51.9 Å². The molecule has 0 saturated heterocycles. The lowest BCUT2D eigenvalue weighted by Gasteiger charge is -2.22. The molecule has 0 spiro atoms. The zero-order valence-corrected chi connectivity index (χ0v) is 18.1. The predicted molar refractivity (Wildman–Crippen MR) is 117 cm³/mol. The van der Waals surface area contributed by atoms with Gasteiger partial charge in [0.1, 0.15) is 4.83 Å². The first-order chi connectivity index (χ1) is 13.4. The third kappa shape index (κ3) is 3.06. The van der Waals surface area contributed by atoms with Crippen molar-refractivity contribution in [1.29, 1.82) is 0 Å². The van der Waals surface area contributed by atoms with Gasteiger partial charge in [-0.05, 0) is 51.3 Å². The Morgan fingerprint density at radius 1 is 1.32 bits per heavy atom. The molecule has 0 N–H and O–H groups in total. The first-order valence-electron chi connectivity index (χ1n) is 9.45. The molecule has 1 aliphatic rings. The Labute approximate surface area is 172 Å². The van der Waals surface area contributed by atoms with Crippen LogP contribution in [-0.2, 0) is 17.8 Å². The van der Waals surface area contributed by atoms with Gasteiger partial charge in [0.05, 0.1) is 11.1 Å². The molecule has 0 bridgehead atoms. The largest absolute Gasteiger partial charge is 0.308 e. The van der Waals surface area contributed by atoms with Gasteiger partial charge in [0.2, 0.25) is 5.91 Å². The second-order valence-electron chi connectivity index (χ2n) is 7.14. The summed E-state index contributed by atoms with van der Waals surface area (Å²) in [6, 6.07) is 8.22. The normalized spacial score (nSPS) is 16.0. The van der Waals surface area contributed by atoms with Gasteiger partial charge in [0.25, 0.3) is 5.56 Å². The van der Waals surface area contributed by atoms with Crippen molar-refractivity contribution in [2.24, 2.45) is 0 Å². The molecule has 2 aromatic heterocycles. The number of carbonyl (C=O) groups is 1. The summed E-state index contributed by atoms with van der Waals surface area (Å²) in [6.07, 6.45) is 0.879. The van der Waals surface area contributed by atoms with Gasteiger partial charge in [-0.3, -0.25) is 14.2 Å². The Morgan fingerprint density at radius 3 is 2.82 bits per heavy atom. The molecule has 7 heteroatoms. The molecule has 4 rings (SSSR count). The van der Waals surface area contributed by atoms with Gasteiger partial charge in [-0.2, -0.15) is 0 Å². The van der Waals surface area contributed by atoms with Crippen LogP contribution in [0, 0.1) is 13.8 Å². The summed E-state index contributed by atoms with van der Waals surface area (Å²) in [4.78, 5) is 34.4. The molecule has 1 atom stereocenters.